The maximum atomic E-state index is 4.59. The third-order valence-corrected chi connectivity index (χ3v) is 5.55. The highest BCUT2D eigenvalue weighted by Crippen LogP contribution is 2.29. The third kappa shape index (κ3) is 4.26. The first kappa shape index (κ1) is 15.9. The number of rotatable bonds is 7. The molecule has 1 saturated heterocycles. The van der Waals surface area contributed by atoms with Gasteiger partial charge >= 0.3 is 0 Å². The zero-order valence-electron chi connectivity index (χ0n) is 13.2. The van der Waals surface area contributed by atoms with Crippen LogP contribution in [0, 0.1) is 6.92 Å². The Bertz CT molecular complexity index is 396. The first-order valence-electron chi connectivity index (χ1n) is 8.12. The molecule has 0 aliphatic carbocycles. The van der Waals surface area contributed by atoms with Crippen LogP contribution in [-0.4, -0.2) is 33.4 Å². The largest absolute Gasteiger partial charge is 0.312 e. The second kappa shape index (κ2) is 8.08. The topological polar surface area (TPSA) is 29.9 Å². The lowest BCUT2D eigenvalue weighted by Crippen LogP contribution is -2.42. The fraction of sp³-hybridized carbons (Fsp3) is 0.812. The van der Waals surface area contributed by atoms with Gasteiger partial charge in [0, 0.05) is 30.0 Å². The molecule has 1 fully saturated rings. The molecule has 0 saturated carbocycles. The van der Waals surface area contributed by atoms with E-state index in [2.05, 4.69) is 53.7 Å². The van der Waals surface area contributed by atoms with Crippen LogP contribution < -0.4 is 5.32 Å². The lowest BCUT2D eigenvalue weighted by Gasteiger charge is -2.30. The van der Waals surface area contributed by atoms with Crippen LogP contribution in [0.15, 0.2) is 6.07 Å². The smallest absolute Gasteiger partial charge is 0.0596 e. The van der Waals surface area contributed by atoms with Crippen LogP contribution in [-0.2, 0) is 13.0 Å². The van der Waals surface area contributed by atoms with Crippen molar-refractivity contribution < 1.29 is 0 Å². The SMILES string of the molecule is CCCNC(Cc1cc(C)nn1CC)C1CCCCS1. The fourth-order valence-corrected chi connectivity index (χ4v) is 4.44. The molecule has 1 aromatic rings. The van der Waals surface area contributed by atoms with Gasteiger partial charge in [0.05, 0.1) is 5.69 Å². The van der Waals surface area contributed by atoms with Crippen molar-refractivity contribution in [3.63, 3.8) is 0 Å². The zero-order valence-corrected chi connectivity index (χ0v) is 14.0. The molecule has 1 aliphatic heterocycles. The van der Waals surface area contributed by atoms with Crippen LogP contribution in [0.25, 0.3) is 0 Å². The van der Waals surface area contributed by atoms with Gasteiger partial charge in [0.1, 0.15) is 0 Å². The fourth-order valence-electron chi connectivity index (χ4n) is 3.01. The van der Waals surface area contributed by atoms with Gasteiger partial charge in [-0.2, -0.15) is 16.9 Å². The van der Waals surface area contributed by atoms with Crippen molar-refractivity contribution in [3.05, 3.63) is 17.5 Å². The average Bonchev–Trinajstić information content (AvgIpc) is 2.84. The van der Waals surface area contributed by atoms with E-state index in [1.807, 2.05) is 0 Å². The molecular weight excluding hydrogens is 266 g/mol. The Labute approximate surface area is 127 Å². The van der Waals surface area contributed by atoms with Crippen molar-refractivity contribution >= 4 is 11.8 Å². The third-order valence-electron chi connectivity index (χ3n) is 4.03. The number of nitrogens with one attached hydrogen (secondary N) is 1. The molecule has 4 heteroatoms. The molecule has 2 atom stereocenters. The highest BCUT2D eigenvalue weighted by Gasteiger charge is 2.25. The number of hydrogen-bond donors (Lipinski definition) is 1. The van der Waals surface area contributed by atoms with Crippen molar-refractivity contribution in [1.29, 1.82) is 0 Å². The van der Waals surface area contributed by atoms with Gasteiger partial charge in [0.25, 0.3) is 0 Å². The Hall–Kier alpha value is -0.480. The van der Waals surface area contributed by atoms with Crippen molar-refractivity contribution in [3.8, 4) is 0 Å². The molecule has 2 heterocycles. The van der Waals surface area contributed by atoms with Gasteiger partial charge in [0.2, 0.25) is 0 Å². The Kier molecular flexibility index (Phi) is 6.43. The maximum Gasteiger partial charge on any atom is 0.0596 e. The first-order chi connectivity index (χ1) is 9.74. The second-order valence-corrected chi connectivity index (χ2v) is 7.11. The van der Waals surface area contributed by atoms with Crippen LogP contribution in [0.4, 0.5) is 0 Å². The second-order valence-electron chi connectivity index (χ2n) is 5.76. The summed E-state index contributed by atoms with van der Waals surface area (Å²) in [5, 5.41) is 9.15. The molecule has 3 nitrogen and oxygen atoms in total. The minimum atomic E-state index is 0.599. The van der Waals surface area contributed by atoms with Gasteiger partial charge in [-0.1, -0.05) is 13.3 Å². The summed E-state index contributed by atoms with van der Waals surface area (Å²) in [6, 6.07) is 2.86. The van der Waals surface area contributed by atoms with Gasteiger partial charge in [-0.05, 0) is 51.5 Å². The highest BCUT2D eigenvalue weighted by atomic mass is 32.2. The standard InChI is InChI=1S/C16H29N3S/c1-4-9-17-15(16-8-6-7-10-20-16)12-14-11-13(3)18-19(14)5-2/h11,15-17H,4-10,12H2,1-3H3. The molecule has 2 rings (SSSR count). The number of hydrogen-bond acceptors (Lipinski definition) is 3. The van der Waals surface area contributed by atoms with E-state index in [1.54, 1.807) is 0 Å². The minimum Gasteiger partial charge on any atom is -0.312 e. The molecular formula is C16H29N3S. The van der Waals surface area contributed by atoms with E-state index in [9.17, 15) is 0 Å². The monoisotopic (exact) mass is 295 g/mol. The Morgan fingerprint density at radius 2 is 2.30 bits per heavy atom. The number of aromatic nitrogens is 2. The summed E-state index contributed by atoms with van der Waals surface area (Å²) in [4.78, 5) is 0. The van der Waals surface area contributed by atoms with Crippen LogP contribution in [0.2, 0.25) is 0 Å². The van der Waals surface area contributed by atoms with Crippen molar-refractivity contribution in [1.82, 2.24) is 15.1 Å². The van der Waals surface area contributed by atoms with Crippen molar-refractivity contribution in [2.24, 2.45) is 0 Å². The molecule has 1 aliphatic rings. The lowest BCUT2D eigenvalue weighted by molar-refractivity contribution is 0.447. The zero-order chi connectivity index (χ0) is 14.4. The Balaban J connectivity index is 2.05. The van der Waals surface area contributed by atoms with E-state index in [-0.39, 0.29) is 0 Å². The van der Waals surface area contributed by atoms with E-state index in [0.717, 1.165) is 30.5 Å². The van der Waals surface area contributed by atoms with Crippen molar-refractivity contribution in [2.45, 2.75) is 70.7 Å². The number of thioether (sulfide) groups is 1. The molecule has 20 heavy (non-hydrogen) atoms. The summed E-state index contributed by atoms with van der Waals surface area (Å²) in [5.41, 5.74) is 2.54. The van der Waals surface area contributed by atoms with Crippen molar-refractivity contribution in [2.75, 3.05) is 12.3 Å². The van der Waals surface area contributed by atoms with Crippen LogP contribution in [0.3, 0.4) is 0 Å². The molecule has 1 aromatic heterocycles. The summed E-state index contributed by atoms with van der Waals surface area (Å²) >= 11 is 2.17. The lowest BCUT2D eigenvalue weighted by atomic mass is 10.0. The average molecular weight is 295 g/mol. The quantitative estimate of drug-likeness (QED) is 0.836. The summed E-state index contributed by atoms with van der Waals surface area (Å²) < 4.78 is 2.17. The molecule has 0 amide bonds. The predicted octanol–water partition coefficient (Wildman–Crippen LogP) is 3.41. The van der Waals surface area contributed by atoms with Gasteiger partial charge in [0.15, 0.2) is 0 Å². The maximum absolute atomic E-state index is 4.59. The number of aryl methyl sites for hydroxylation is 2. The van der Waals surface area contributed by atoms with Gasteiger partial charge in [-0.15, -0.1) is 0 Å². The number of nitrogens with zero attached hydrogens (tertiary/aromatic N) is 2. The van der Waals surface area contributed by atoms with E-state index >= 15 is 0 Å². The molecule has 0 bridgehead atoms. The molecule has 1 N–H and O–H groups in total. The van der Waals surface area contributed by atoms with E-state index in [4.69, 9.17) is 0 Å². The van der Waals surface area contributed by atoms with E-state index < -0.39 is 0 Å². The van der Waals surface area contributed by atoms with Crippen LogP contribution >= 0.6 is 11.8 Å². The molecule has 0 aromatic carbocycles. The van der Waals surface area contributed by atoms with E-state index in [0.29, 0.717) is 6.04 Å². The predicted molar refractivity (Wildman–Crippen MR) is 88.5 cm³/mol. The minimum absolute atomic E-state index is 0.599. The van der Waals surface area contributed by atoms with Gasteiger partial charge in [-0.25, -0.2) is 0 Å². The summed E-state index contributed by atoms with van der Waals surface area (Å²) in [5.74, 6) is 1.33. The van der Waals surface area contributed by atoms with E-state index in [1.165, 1.54) is 37.1 Å². The molecule has 0 spiro atoms. The summed E-state index contributed by atoms with van der Waals surface area (Å²) in [6.07, 6.45) is 6.49. The van der Waals surface area contributed by atoms with Gasteiger partial charge in [-0.3, -0.25) is 4.68 Å². The van der Waals surface area contributed by atoms with Crippen LogP contribution in [0.5, 0.6) is 0 Å². The molecule has 2 unspecified atom stereocenters. The van der Waals surface area contributed by atoms with Gasteiger partial charge < -0.3 is 5.32 Å². The Morgan fingerprint density at radius 3 is 2.95 bits per heavy atom. The normalized spacial score (nSPS) is 21.1. The first-order valence-corrected chi connectivity index (χ1v) is 9.17. The Morgan fingerprint density at radius 1 is 1.45 bits per heavy atom. The highest BCUT2D eigenvalue weighted by molar-refractivity contribution is 8.00. The molecule has 0 radical (unpaired) electrons. The summed E-state index contributed by atoms with van der Waals surface area (Å²) in [6.45, 7) is 8.63. The molecule has 114 valence electrons. The summed E-state index contributed by atoms with van der Waals surface area (Å²) in [7, 11) is 0. The van der Waals surface area contributed by atoms with Crippen LogP contribution in [0.1, 0.15) is 50.9 Å².